The van der Waals surface area contributed by atoms with Crippen LogP contribution >= 0.6 is 0 Å². The van der Waals surface area contributed by atoms with E-state index in [4.69, 9.17) is 0 Å². The number of aryl methyl sites for hydroxylation is 2. The average molecular weight is 172 g/mol. The van der Waals surface area contributed by atoms with Crippen molar-refractivity contribution in [1.82, 2.24) is 9.78 Å². The van der Waals surface area contributed by atoms with Crippen molar-refractivity contribution in [1.29, 1.82) is 0 Å². The maximum atomic E-state index is 10.8. The van der Waals surface area contributed by atoms with E-state index in [-0.39, 0.29) is 0 Å². The SMILES string of the molecule is Cc1cc(C)n(CS(C)=O)n1. The predicted molar refractivity (Wildman–Crippen MR) is 45.8 cm³/mol. The van der Waals surface area contributed by atoms with Crippen molar-refractivity contribution in [2.75, 3.05) is 6.26 Å². The van der Waals surface area contributed by atoms with Crippen molar-refractivity contribution >= 4 is 10.8 Å². The zero-order valence-corrected chi connectivity index (χ0v) is 7.81. The first-order chi connectivity index (χ1) is 5.09. The van der Waals surface area contributed by atoms with Crippen LogP contribution < -0.4 is 0 Å². The second kappa shape index (κ2) is 3.17. The highest BCUT2D eigenvalue weighted by atomic mass is 32.2. The summed E-state index contributed by atoms with van der Waals surface area (Å²) in [7, 11) is -0.813. The number of hydrogen-bond donors (Lipinski definition) is 0. The molecule has 62 valence electrons. The van der Waals surface area contributed by atoms with E-state index in [9.17, 15) is 4.21 Å². The van der Waals surface area contributed by atoms with E-state index in [1.54, 1.807) is 10.9 Å². The van der Waals surface area contributed by atoms with Gasteiger partial charge in [-0.25, -0.2) is 0 Å². The number of hydrogen-bond acceptors (Lipinski definition) is 2. The molecule has 1 rings (SSSR count). The quantitative estimate of drug-likeness (QED) is 0.662. The molecule has 0 aliphatic rings. The highest BCUT2D eigenvalue weighted by Gasteiger charge is 2.00. The summed E-state index contributed by atoms with van der Waals surface area (Å²) in [6.45, 7) is 3.90. The lowest BCUT2D eigenvalue weighted by Crippen LogP contribution is -2.06. The Kier molecular flexibility index (Phi) is 2.44. The first-order valence-corrected chi connectivity index (χ1v) is 5.13. The Bertz CT molecular complexity index is 280. The minimum absolute atomic E-state index is 0.500. The van der Waals surface area contributed by atoms with Crippen LogP contribution in [0.15, 0.2) is 6.07 Å². The lowest BCUT2D eigenvalue weighted by atomic mass is 10.4. The molecule has 0 saturated heterocycles. The maximum absolute atomic E-state index is 10.8. The van der Waals surface area contributed by atoms with E-state index >= 15 is 0 Å². The van der Waals surface area contributed by atoms with Crippen LogP contribution in [0.25, 0.3) is 0 Å². The van der Waals surface area contributed by atoms with Gasteiger partial charge in [0, 0.05) is 22.7 Å². The van der Waals surface area contributed by atoms with Gasteiger partial charge in [-0.2, -0.15) is 5.10 Å². The van der Waals surface area contributed by atoms with Gasteiger partial charge >= 0.3 is 0 Å². The molecule has 1 aromatic rings. The standard InChI is InChI=1S/C7H12N2OS/c1-6-4-7(2)9(8-6)5-11(3)10/h4H,5H2,1-3H3. The molecule has 1 aromatic heterocycles. The van der Waals surface area contributed by atoms with E-state index in [1.807, 2.05) is 19.9 Å². The lowest BCUT2D eigenvalue weighted by molar-refractivity contribution is 0.654. The lowest BCUT2D eigenvalue weighted by Gasteiger charge is -1.99. The molecule has 0 aliphatic carbocycles. The Balaban J connectivity index is 2.85. The minimum atomic E-state index is -0.813. The van der Waals surface area contributed by atoms with Gasteiger partial charge in [0.15, 0.2) is 0 Å². The number of rotatable bonds is 2. The second-order valence-corrected chi connectivity index (χ2v) is 4.03. The monoisotopic (exact) mass is 172 g/mol. The molecule has 0 N–H and O–H groups in total. The summed E-state index contributed by atoms with van der Waals surface area (Å²) in [4.78, 5) is 0. The largest absolute Gasteiger partial charge is 0.258 e. The van der Waals surface area contributed by atoms with Crippen molar-refractivity contribution in [3.8, 4) is 0 Å². The van der Waals surface area contributed by atoms with Crippen LogP contribution in [-0.2, 0) is 16.7 Å². The Labute approximate surface area is 68.9 Å². The van der Waals surface area contributed by atoms with Gasteiger partial charge in [0.05, 0.1) is 5.69 Å². The van der Waals surface area contributed by atoms with Crippen LogP contribution in [0.1, 0.15) is 11.4 Å². The van der Waals surface area contributed by atoms with Crippen LogP contribution in [0.4, 0.5) is 0 Å². The zero-order chi connectivity index (χ0) is 8.43. The summed E-state index contributed by atoms with van der Waals surface area (Å²) in [5.74, 6) is 0.500. The molecule has 1 unspecified atom stereocenters. The van der Waals surface area contributed by atoms with Gasteiger partial charge in [0.25, 0.3) is 0 Å². The summed E-state index contributed by atoms with van der Waals surface area (Å²) in [5.41, 5.74) is 2.05. The molecule has 0 fully saturated rings. The van der Waals surface area contributed by atoms with E-state index in [0.29, 0.717) is 5.88 Å². The molecule has 4 heteroatoms. The van der Waals surface area contributed by atoms with E-state index in [2.05, 4.69) is 5.10 Å². The molecule has 1 atom stereocenters. The van der Waals surface area contributed by atoms with Gasteiger partial charge in [-0.3, -0.25) is 8.89 Å². The second-order valence-electron chi connectivity index (χ2n) is 2.63. The molecule has 11 heavy (non-hydrogen) atoms. The van der Waals surface area contributed by atoms with Crippen LogP contribution in [0, 0.1) is 13.8 Å². The summed E-state index contributed by atoms with van der Waals surface area (Å²) in [5, 5.41) is 4.17. The highest BCUT2D eigenvalue weighted by Crippen LogP contribution is 2.01. The van der Waals surface area contributed by atoms with Gasteiger partial charge in [-0.15, -0.1) is 0 Å². The molecule has 1 heterocycles. The molecular formula is C7H12N2OS. The normalized spacial score (nSPS) is 13.4. The van der Waals surface area contributed by atoms with Crippen molar-refractivity contribution in [3.63, 3.8) is 0 Å². The number of nitrogens with zero attached hydrogens (tertiary/aromatic N) is 2. The first kappa shape index (κ1) is 8.46. The third-order valence-corrected chi connectivity index (χ3v) is 2.02. The van der Waals surface area contributed by atoms with Crippen LogP contribution in [0.5, 0.6) is 0 Å². The molecule has 0 aliphatic heterocycles. The molecule has 3 nitrogen and oxygen atoms in total. The summed E-state index contributed by atoms with van der Waals surface area (Å²) in [6.07, 6.45) is 1.68. The fourth-order valence-electron chi connectivity index (χ4n) is 0.978. The highest BCUT2D eigenvalue weighted by molar-refractivity contribution is 7.83. The van der Waals surface area contributed by atoms with Crippen molar-refractivity contribution in [3.05, 3.63) is 17.5 Å². The summed E-state index contributed by atoms with van der Waals surface area (Å²) in [6, 6.07) is 1.98. The van der Waals surface area contributed by atoms with Gasteiger partial charge in [0.1, 0.15) is 5.88 Å². The van der Waals surface area contributed by atoms with Gasteiger partial charge in [-0.1, -0.05) is 0 Å². The van der Waals surface area contributed by atoms with Crippen LogP contribution in [0.2, 0.25) is 0 Å². The Morgan fingerprint density at radius 2 is 2.27 bits per heavy atom. The van der Waals surface area contributed by atoms with E-state index in [0.717, 1.165) is 11.4 Å². The molecule has 0 spiro atoms. The topological polar surface area (TPSA) is 34.9 Å². The maximum Gasteiger partial charge on any atom is 0.116 e. The smallest absolute Gasteiger partial charge is 0.116 e. The average Bonchev–Trinajstić information content (AvgIpc) is 2.09. The summed E-state index contributed by atoms with van der Waals surface area (Å²) < 4.78 is 12.6. The fraction of sp³-hybridized carbons (Fsp3) is 0.571. The van der Waals surface area contributed by atoms with Gasteiger partial charge in [-0.05, 0) is 19.9 Å². The fourth-order valence-corrected chi connectivity index (χ4v) is 1.58. The molecule has 0 bridgehead atoms. The molecule has 0 amide bonds. The Morgan fingerprint density at radius 1 is 1.64 bits per heavy atom. The summed E-state index contributed by atoms with van der Waals surface area (Å²) >= 11 is 0. The zero-order valence-electron chi connectivity index (χ0n) is 7.00. The van der Waals surface area contributed by atoms with Crippen LogP contribution in [-0.4, -0.2) is 20.2 Å². The van der Waals surface area contributed by atoms with Crippen molar-refractivity contribution in [2.24, 2.45) is 0 Å². The Hall–Kier alpha value is -0.640. The van der Waals surface area contributed by atoms with E-state index in [1.165, 1.54) is 0 Å². The number of aromatic nitrogens is 2. The van der Waals surface area contributed by atoms with Crippen molar-refractivity contribution < 1.29 is 4.21 Å². The first-order valence-electron chi connectivity index (χ1n) is 3.40. The van der Waals surface area contributed by atoms with Crippen LogP contribution in [0.3, 0.4) is 0 Å². The molecule has 0 aromatic carbocycles. The van der Waals surface area contributed by atoms with E-state index < -0.39 is 10.8 Å². The predicted octanol–water partition coefficient (Wildman–Crippen LogP) is 0.836. The molecular weight excluding hydrogens is 160 g/mol. The van der Waals surface area contributed by atoms with Gasteiger partial charge in [0.2, 0.25) is 0 Å². The third kappa shape index (κ3) is 2.15. The Morgan fingerprint density at radius 3 is 2.64 bits per heavy atom. The molecule has 0 radical (unpaired) electrons. The molecule has 0 saturated carbocycles. The third-order valence-electron chi connectivity index (χ3n) is 1.41. The van der Waals surface area contributed by atoms with Gasteiger partial charge < -0.3 is 0 Å². The minimum Gasteiger partial charge on any atom is -0.258 e. The van der Waals surface area contributed by atoms with Crippen molar-refractivity contribution in [2.45, 2.75) is 19.7 Å².